The van der Waals surface area contributed by atoms with E-state index in [4.69, 9.17) is 14.7 Å². The minimum atomic E-state index is -1.12. The van der Waals surface area contributed by atoms with Gasteiger partial charge in [-0.2, -0.15) is 5.26 Å². The minimum absolute atomic E-state index is 0.389. The molecule has 0 amide bonds. The van der Waals surface area contributed by atoms with Gasteiger partial charge in [0, 0.05) is 0 Å². The van der Waals surface area contributed by atoms with E-state index in [1.807, 2.05) is 6.92 Å². The summed E-state index contributed by atoms with van der Waals surface area (Å²) in [5.74, 6) is -0.463. The van der Waals surface area contributed by atoms with Gasteiger partial charge in [0.05, 0.1) is 6.61 Å². The van der Waals surface area contributed by atoms with E-state index in [2.05, 4.69) is 0 Å². The molecule has 0 saturated carbocycles. The molecule has 0 aromatic carbocycles. The average Bonchev–Trinajstić information content (AvgIpc) is 2.18. The first-order valence-electron chi connectivity index (χ1n) is 4.85. The zero-order chi connectivity index (χ0) is 11.0. The number of carbonyl (C=O) groups is 1. The Balaban J connectivity index is 4.11. The predicted octanol–water partition coefficient (Wildman–Crippen LogP) is 2.00. The number of hydrogen-bond donors (Lipinski definition) is 0. The van der Waals surface area contributed by atoms with E-state index in [1.165, 1.54) is 6.26 Å². The first kappa shape index (κ1) is 12.8. The molecule has 0 spiro atoms. The SMILES string of the molecule is CCCCOC(=O)[C@@](C)(CC)OC#N. The molecule has 14 heavy (non-hydrogen) atoms. The lowest BCUT2D eigenvalue weighted by Gasteiger charge is -2.22. The first-order chi connectivity index (χ1) is 6.60. The summed E-state index contributed by atoms with van der Waals surface area (Å²) < 4.78 is 9.68. The van der Waals surface area contributed by atoms with Crippen molar-refractivity contribution >= 4 is 5.97 Å². The molecule has 0 bridgehead atoms. The van der Waals surface area contributed by atoms with Gasteiger partial charge < -0.3 is 9.47 Å². The third-order valence-electron chi connectivity index (χ3n) is 2.11. The van der Waals surface area contributed by atoms with Crippen molar-refractivity contribution in [1.29, 1.82) is 5.26 Å². The zero-order valence-corrected chi connectivity index (χ0v) is 9.00. The van der Waals surface area contributed by atoms with Gasteiger partial charge in [-0.3, -0.25) is 0 Å². The monoisotopic (exact) mass is 199 g/mol. The zero-order valence-electron chi connectivity index (χ0n) is 9.00. The van der Waals surface area contributed by atoms with Crippen LogP contribution in [0.25, 0.3) is 0 Å². The third kappa shape index (κ3) is 3.65. The summed E-state index contributed by atoms with van der Waals surface area (Å²) in [7, 11) is 0. The van der Waals surface area contributed by atoms with Crippen LogP contribution in [0.1, 0.15) is 40.0 Å². The molecule has 0 N–H and O–H groups in total. The molecular weight excluding hydrogens is 182 g/mol. The summed E-state index contributed by atoms with van der Waals surface area (Å²) in [6.45, 7) is 5.74. The molecule has 0 aliphatic carbocycles. The van der Waals surface area contributed by atoms with Crippen LogP contribution >= 0.6 is 0 Å². The van der Waals surface area contributed by atoms with Gasteiger partial charge in [0.2, 0.25) is 5.60 Å². The number of esters is 1. The lowest BCUT2D eigenvalue weighted by molar-refractivity contribution is -0.163. The van der Waals surface area contributed by atoms with Gasteiger partial charge in [-0.05, 0) is 19.8 Å². The highest BCUT2D eigenvalue weighted by Crippen LogP contribution is 2.16. The number of nitriles is 1. The summed E-state index contributed by atoms with van der Waals surface area (Å²) in [6.07, 6.45) is 3.75. The van der Waals surface area contributed by atoms with E-state index in [1.54, 1.807) is 13.8 Å². The van der Waals surface area contributed by atoms with Crippen molar-refractivity contribution in [2.75, 3.05) is 6.61 Å². The number of ether oxygens (including phenoxy) is 2. The molecule has 0 rings (SSSR count). The Hall–Kier alpha value is -1.24. The Morgan fingerprint density at radius 2 is 2.14 bits per heavy atom. The fourth-order valence-corrected chi connectivity index (χ4v) is 0.821. The van der Waals surface area contributed by atoms with Gasteiger partial charge in [0.1, 0.15) is 0 Å². The molecule has 0 aromatic rings. The van der Waals surface area contributed by atoms with Crippen molar-refractivity contribution < 1.29 is 14.3 Å². The van der Waals surface area contributed by atoms with Crippen LogP contribution in [0.15, 0.2) is 0 Å². The average molecular weight is 199 g/mol. The second-order valence-electron chi connectivity index (χ2n) is 3.27. The smallest absolute Gasteiger partial charge is 0.351 e. The van der Waals surface area contributed by atoms with Crippen molar-refractivity contribution in [2.24, 2.45) is 0 Å². The van der Waals surface area contributed by atoms with Crippen LogP contribution in [0.4, 0.5) is 0 Å². The Bertz CT molecular complexity index is 222. The van der Waals surface area contributed by atoms with Crippen molar-refractivity contribution in [1.82, 2.24) is 0 Å². The predicted molar refractivity (Wildman–Crippen MR) is 51.3 cm³/mol. The van der Waals surface area contributed by atoms with Crippen LogP contribution in [0.3, 0.4) is 0 Å². The molecule has 0 radical (unpaired) electrons. The second-order valence-corrected chi connectivity index (χ2v) is 3.27. The maximum absolute atomic E-state index is 11.5. The van der Waals surface area contributed by atoms with E-state index < -0.39 is 11.6 Å². The Labute approximate surface area is 84.8 Å². The standard InChI is InChI=1S/C10H17NO3/c1-4-6-7-13-9(12)10(3,5-2)14-8-11/h4-7H2,1-3H3/t10-/m1/s1. The number of hydrogen-bond acceptors (Lipinski definition) is 4. The first-order valence-corrected chi connectivity index (χ1v) is 4.85. The molecule has 80 valence electrons. The minimum Gasteiger partial charge on any atom is -0.463 e. The highest BCUT2D eigenvalue weighted by Gasteiger charge is 2.35. The van der Waals surface area contributed by atoms with Crippen molar-refractivity contribution in [3.63, 3.8) is 0 Å². The van der Waals surface area contributed by atoms with Gasteiger partial charge >= 0.3 is 5.97 Å². The Morgan fingerprint density at radius 1 is 1.50 bits per heavy atom. The lowest BCUT2D eigenvalue weighted by atomic mass is 10.0. The third-order valence-corrected chi connectivity index (χ3v) is 2.11. The maximum atomic E-state index is 11.5. The van der Waals surface area contributed by atoms with Gasteiger partial charge in [-0.15, -0.1) is 0 Å². The molecule has 4 nitrogen and oxygen atoms in total. The fraction of sp³-hybridized carbons (Fsp3) is 0.800. The quantitative estimate of drug-likeness (QED) is 0.373. The molecular formula is C10H17NO3. The molecule has 1 atom stereocenters. The molecule has 0 unspecified atom stereocenters. The molecule has 0 aliphatic rings. The Kier molecular flexibility index (Phi) is 5.70. The molecule has 4 heteroatoms. The Morgan fingerprint density at radius 3 is 2.57 bits per heavy atom. The van der Waals surface area contributed by atoms with Crippen LogP contribution in [0.5, 0.6) is 0 Å². The van der Waals surface area contributed by atoms with Crippen LogP contribution in [0, 0.1) is 11.5 Å². The van der Waals surface area contributed by atoms with E-state index in [0.29, 0.717) is 13.0 Å². The number of carbonyl (C=O) groups excluding carboxylic acids is 1. The summed E-state index contributed by atoms with van der Waals surface area (Å²) in [6, 6.07) is 0. The van der Waals surface area contributed by atoms with Gasteiger partial charge in [0.15, 0.2) is 0 Å². The van der Waals surface area contributed by atoms with E-state index in [9.17, 15) is 4.79 Å². The topological polar surface area (TPSA) is 59.3 Å². The molecule has 0 saturated heterocycles. The van der Waals surface area contributed by atoms with Crippen LogP contribution in [-0.4, -0.2) is 18.2 Å². The summed E-state index contributed by atoms with van der Waals surface area (Å²) >= 11 is 0. The summed E-state index contributed by atoms with van der Waals surface area (Å²) in [4.78, 5) is 11.5. The van der Waals surface area contributed by atoms with Crippen LogP contribution in [-0.2, 0) is 14.3 Å². The molecule has 0 heterocycles. The number of unbranched alkanes of at least 4 members (excludes halogenated alkanes) is 1. The summed E-state index contributed by atoms with van der Waals surface area (Å²) in [5.41, 5.74) is -1.12. The van der Waals surface area contributed by atoms with Gasteiger partial charge in [-0.1, -0.05) is 20.3 Å². The van der Waals surface area contributed by atoms with E-state index in [0.717, 1.165) is 12.8 Å². The molecule has 0 fully saturated rings. The van der Waals surface area contributed by atoms with Crippen LogP contribution in [0.2, 0.25) is 0 Å². The van der Waals surface area contributed by atoms with Crippen LogP contribution < -0.4 is 0 Å². The van der Waals surface area contributed by atoms with Gasteiger partial charge in [-0.25, -0.2) is 4.79 Å². The number of nitrogens with zero attached hydrogens (tertiary/aromatic N) is 1. The maximum Gasteiger partial charge on any atom is 0.351 e. The molecule has 0 aromatic heterocycles. The van der Waals surface area contributed by atoms with E-state index in [-0.39, 0.29) is 0 Å². The lowest BCUT2D eigenvalue weighted by Crippen LogP contribution is -2.38. The highest BCUT2D eigenvalue weighted by molar-refractivity contribution is 5.79. The number of rotatable bonds is 6. The summed E-state index contributed by atoms with van der Waals surface area (Å²) in [5, 5.41) is 8.37. The van der Waals surface area contributed by atoms with Gasteiger partial charge in [0.25, 0.3) is 6.26 Å². The van der Waals surface area contributed by atoms with Crippen molar-refractivity contribution in [3.8, 4) is 6.26 Å². The second kappa shape index (κ2) is 6.25. The largest absolute Gasteiger partial charge is 0.463 e. The fourth-order valence-electron chi connectivity index (χ4n) is 0.821. The molecule has 0 aliphatic heterocycles. The van der Waals surface area contributed by atoms with Crippen molar-refractivity contribution in [2.45, 2.75) is 45.6 Å². The van der Waals surface area contributed by atoms with E-state index >= 15 is 0 Å². The van der Waals surface area contributed by atoms with Crippen molar-refractivity contribution in [3.05, 3.63) is 0 Å². The highest BCUT2D eigenvalue weighted by atomic mass is 16.6. The normalized spacial score (nSPS) is 13.9.